The molecule has 0 bridgehead atoms. The lowest BCUT2D eigenvalue weighted by Crippen LogP contribution is -1.97. The molecule has 0 fully saturated rings. The number of aromatic nitrogens is 2. The van der Waals surface area contributed by atoms with Gasteiger partial charge in [-0.3, -0.25) is 0 Å². The number of fused-ring (bicyclic) bond motifs is 1. The lowest BCUT2D eigenvalue weighted by molar-refractivity contribution is 0.636. The molecule has 0 amide bonds. The lowest BCUT2D eigenvalue weighted by Gasteiger charge is -2.10. The summed E-state index contributed by atoms with van der Waals surface area (Å²) in [4.78, 5) is 8.74. The van der Waals surface area contributed by atoms with Crippen LogP contribution in [0.5, 0.6) is 0 Å². The van der Waals surface area contributed by atoms with E-state index in [1.165, 1.54) is 6.07 Å². The van der Waals surface area contributed by atoms with Crippen molar-refractivity contribution in [1.82, 2.24) is 9.97 Å². The van der Waals surface area contributed by atoms with E-state index in [2.05, 4.69) is 9.97 Å². The summed E-state index contributed by atoms with van der Waals surface area (Å²) in [5.41, 5.74) is 4.20. The standard InChI is InChI=1S/C17H14ClFN2/c1-9-4-6-12(11(3)8-9)17-20-15-13(19)7-5-10(2)14(15)16(18)21-17/h4-8H,1-3H3. The topological polar surface area (TPSA) is 25.8 Å². The average molecular weight is 301 g/mol. The van der Waals surface area contributed by atoms with Gasteiger partial charge in [0.05, 0.1) is 0 Å². The molecule has 0 atom stereocenters. The number of halogens is 2. The number of nitrogens with zero attached hydrogens (tertiary/aromatic N) is 2. The maximum atomic E-state index is 14.1. The molecule has 0 spiro atoms. The van der Waals surface area contributed by atoms with Crippen LogP contribution >= 0.6 is 11.6 Å². The summed E-state index contributed by atoms with van der Waals surface area (Å²) in [6, 6.07) is 9.06. The second kappa shape index (κ2) is 5.08. The third kappa shape index (κ3) is 2.38. The minimum atomic E-state index is -0.383. The quantitative estimate of drug-likeness (QED) is 0.590. The molecule has 21 heavy (non-hydrogen) atoms. The van der Waals surface area contributed by atoms with Crippen LogP contribution in [0.1, 0.15) is 16.7 Å². The summed E-state index contributed by atoms with van der Waals surface area (Å²) in [5.74, 6) is 0.0698. The molecule has 0 saturated carbocycles. The predicted octanol–water partition coefficient (Wildman–Crippen LogP) is 5.01. The second-order valence-corrected chi connectivity index (χ2v) is 5.60. The smallest absolute Gasteiger partial charge is 0.161 e. The Bertz CT molecular complexity index is 859. The summed E-state index contributed by atoms with van der Waals surface area (Å²) in [6.07, 6.45) is 0. The van der Waals surface area contributed by atoms with Crippen molar-refractivity contribution in [2.24, 2.45) is 0 Å². The molecule has 3 aromatic rings. The van der Waals surface area contributed by atoms with E-state index in [0.29, 0.717) is 11.2 Å². The van der Waals surface area contributed by atoms with Crippen LogP contribution in [0, 0.1) is 26.6 Å². The van der Waals surface area contributed by atoms with Crippen LogP contribution in [0.3, 0.4) is 0 Å². The van der Waals surface area contributed by atoms with Gasteiger partial charge in [0.1, 0.15) is 16.5 Å². The van der Waals surface area contributed by atoms with E-state index in [1.54, 1.807) is 6.07 Å². The van der Waals surface area contributed by atoms with Crippen molar-refractivity contribution in [2.75, 3.05) is 0 Å². The van der Waals surface area contributed by atoms with Crippen LogP contribution in [0.25, 0.3) is 22.3 Å². The zero-order chi connectivity index (χ0) is 15.1. The summed E-state index contributed by atoms with van der Waals surface area (Å²) in [6.45, 7) is 5.87. The molecule has 0 radical (unpaired) electrons. The molecular weight excluding hydrogens is 287 g/mol. The van der Waals surface area contributed by atoms with E-state index in [4.69, 9.17) is 11.6 Å². The largest absolute Gasteiger partial charge is 0.225 e. The fraction of sp³-hybridized carbons (Fsp3) is 0.176. The number of rotatable bonds is 1. The third-order valence-corrected chi connectivity index (χ3v) is 3.86. The van der Waals surface area contributed by atoms with E-state index < -0.39 is 0 Å². The Morgan fingerprint density at radius 1 is 0.952 bits per heavy atom. The minimum Gasteiger partial charge on any atom is -0.225 e. The van der Waals surface area contributed by atoms with Gasteiger partial charge in [0.2, 0.25) is 0 Å². The van der Waals surface area contributed by atoms with Gasteiger partial charge in [-0.2, -0.15) is 0 Å². The molecule has 0 aliphatic carbocycles. The molecule has 2 nitrogen and oxygen atoms in total. The third-order valence-electron chi connectivity index (χ3n) is 3.59. The van der Waals surface area contributed by atoms with Gasteiger partial charge in [-0.15, -0.1) is 0 Å². The first-order valence-corrected chi connectivity index (χ1v) is 7.05. The number of hydrogen-bond acceptors (Lipinski definition) is 2. The van der Waals surface area contributed by atoms with Crippen LogP contribution < -0.4 is 0 Å². The summed E-state index contributed by atoms with van der Waals surface area (Å²) >= 11 is 6.26. The van der Waals surface area contributed by atoms with Crippen LogP contribution in [-0.2, 0) is 0 Å². The van der Waals surface area contributed by atoms with Gasteiger partial charge in [0, 0.05) is 10.9 Å². The highest BCUT2D eigenvalue weighted by atomic mass is 35.5. The highest BCUT2D eigenvalue weighted by Gasteiger charge is 2.14. The Morgan fingerprint density at radius 2 is 1.71 bits per heavy atom. The van der Waals surface area contributed by atoms with Crippen LogP contribution in [-0.4, -0.2) is 9.97 Å². The predicted molar refractivity (Wildman–Crippen MR) is 84.2 cm³/mol. The van der Waals surface area contributed by atoms with E-state index in [-0.39, 0.29) is 16.5 Å². The van der Waals surface area contributed by atoms with Crippen molar-refractivity contribution in [3.05, 3.63) is 58.0 Å². The first kappa shape index (κ1) is 14.0. The second-order valence-electron chi connectivity index (χ2n) is 5.24. The Balaban J connectivity index is 2.33. The van der Waals surface area contributed by atoms with Gasteiger partial charge < -0.3 is 0 Å². The molecule has 106 valence electrons. The Hall–Kier alpha value is -2.00. The molecule has 2 aromatic carbocycles. The van der Waals surface area contributed by atoms with Gasteiger partial charge in [0.15, 0.2) is 5.82 Å². The van der Waals surface area contributed by atoms with Crippen molar-refractivity contribution >= 4 is 22.5 Å². The Labute approximate surface area is 127 Å². The Morgan fingerprint density at radius 3 is 2.43 bits per heavy atom. The van der Waals surface area contributed by atoms with Gasteiger partial charge in [-0.1, -0.05) is 41.4 Å². The SMILES string of the molecule is Cc1ccc(-c2nc(Cl)c3c(C)ccc(F)c3n2)c(C)c1. The molecule has 0 aliphatic heterocycles. The number of aryl methyl sites for hydroxylation is 3. The normalized spacial score (nSPS) is 11.1. The highest BCUT2D eigenvalue weighted by Crippen LogP contribution is 2.30. The average Bonchev–Trinajstić information content (AvgIpc) is 2.42. The van der Waals surface area contributed by atoms with Gasteiger partial charge >= 0.3 is 0 Å². The fourth-order valence-corrected chi connectivity index (χ4v) is 2.82. The molecule has 1 heterocycles. The van der Waals surface area contributed by atoms with Crippen molar-refractivity contribution in [3.8, 4) is 11.4 Å². The monoisotopic (exact) mass is 300 g/mol. The van der Waals surface area contributed by atoms with Crippen LogP contribution in [0.4, 0.5) is 4.39 Å². The zero-order valence-electron chi connectivity index (χ0n) is 12.0. The van der Waals surface area contributed by atoms with Gasteiger partial charge in [-0.05, 0) is 38.0 Å². The van der Waals surface area contributed by atoms with Crippen LogP contribution in [0.15, 0.2) is 30.3 Å². The van der Waals surface area contributed by atoms with Crippen molar-refractivity contribution in [1.29, 1.82) is 0 Å². The highest BCUT2D eigenvalue weighted by molar-refractivity contribution is 6.34. The first-order chi connectivity index (χ1) is 9.97. The fourth-order valence-electron chi connectivity index (χ4n) is 2.50. The van der Waals surface area contributed by atoms with Gasteiger partial charge in [0.25, 0.3) is 0 Å². The van der Waals surface area contributed by atoms with Crippen molar-refractivity contribution < 1.29 is 4.39 Å². The minimum absolute atomic E-state index is 0.268. The maximum absolute atomic E-state index is 14.1. The molecule has 3 rings (SSSR count). The lowest BCUT2D eigenvalue weighted by atomic mass is 10.0. The molecule has 0 aliphatic rings. The Kier molecular flexibility index (Phi) is 3.38. The zero-order valence-corrected chi connectivity index (χ0v) is 12.8. The summed E-state index contributed by atoms with van der Waals surface area (Å²) in [7, 11) is 0. The van der Waals surface area contributed by atoms with Crippen molar-refractivity contribution in [3.63, 3.8) is 0 Å². The molecular formula is C17H14ClFN2. The van der Waals surface area contributed by atoms with Crippen molar-refractivity contribution in [2.45, 2.75) is 20.8 Å². The summed E-state index contributed by atoms with van der Waals surface area (Å²) in [5, 5.41) is 0.858. The van der Waals surface area contributed by atoms with E-state index >= 15 is 0 Å². The molecule has 4 heteroatoms. The first-order valence-electron chi connectivity index (χ1n) is 6.67. The molecule has 0 N–H and O–H groups in total. The van der Waals surface area contributed by atoms with E-state index in [1.807, 2.05) is 39.0 Å². The van der Waals surface area contributed by atoms with E-state index in [0.717, 1.165) is 22.3 Å². The molecule has 1 aromatic heterocycles. The number of benzene rings is 2. The van der Waals surface area contributed by atoms with E-state index in [9.17, 15) is 4.39 Å². The number of hydrogen-bond donors (Lipinski definition) is 0. The molecule has 0 saturated heterocycles. The molecule has 0 unspecified atom stereocenters. The summed E-state index contributed by atoms with van der Waals surface area (Å²) < 4.78 is 14.1. The van der Waals surface area contributed by atoms with Gasteiger partial charge in [-0.25, -0.2) is 14.4 Å². The maximum Gasteiger partial charge on any atom is 0.161 e. The van der Waals surface area contributed by atoms with Crippen LogP contribution in [0.2, 0.25) is 5.15 Å².